The second-order valence-electron chi connectivity index (χ2n) is 6.88. The van der Waals surface area contributed by atoms with E-state index >= 15 is 0 Å². The van der Waals surface area contributed by atoms with Crippen molar-refractivity contribution < 1.29 is 9.21 Å². The van der Waals surface area contributed by atoms with Crippen molar-refractivity contribution in [2.24, 2.45) is 5.92 Å². The van der Waals surface area contributed by atoms with Gasteiger partial charge >= 0.3 is 0 Å². The Morgan fingerprint density at radius 3 is 2.92 bits per heavy atom. The van der Waals surface area contributed by atoms with Crippen LogP contribution in [-0.2, 0) is 11.3 Å². The van der Waals surface area contributed by atoms with Crippen molar-refractivity contribution in [3.05, 3.63) is 54.2 Å². The first-order chi connectivity index (χ1) is 11.8. The van der Waals surface area contributed by atoms with E-state index in [-0.39, 0.29) is 5.92 Å². The van der Waals surface area contributed by atoms with Crippen LogP contribution in [0.4, 0.5) is 0 Å². The number of nitrogens with zero attached hydrogens (tertiary/aromatic N) is 3. The Kier molecular flexibility index (Phi) is 4.34. The molecule has 0 radical (unpaired) electrons. The molecule has 4 rings (SSSR count). The van der Waals surface area contributed by atoms with Crippen LogP contribution in [0.3, 0.4) is 0 Å². The maximum atomic E-state index is 12.8. The number of amides is 1. The SMILES string of the molecule is O=C([C@H]1CCCN(Cc2ccco2)C1)N1CC(c2cccnc2)C1. The molecule has 4 heterocycles. The van der Waals surface area contributed by atoms with E-state index in [0.717, 1.165) is 51.3 Å². The largest absolute Gasteiger partial charge is 0.468 e. The highest BCUT2D eigenvalue weighted by Crippen LogP contribution is 2.29. The van der Waals surface area contributed by atoms with E-state index in [4.69, 9.17) is 4.42 Å². The van der Waals surface area contributed by atoms with E-state index < -0.39 is 0 Å². The zero-order valence-electron chi connectivity index (χ0n) is 13.8. The molecule has 0 unspecified atom stereocenters. The van der Waals surface area contributed by atoms with Gasteiger partial charge in [0.1, 0.15) is 5.76 Å². The minimum atomic E-state index is 0.128. The lowest BCUT2D eigenvalue weighted by Gasteiger charge is -2.43. The fourth-order valence-electron chi connectivity index (χ4n) is 3.77. The molecule has 2 aliphatic rings. The molecule has 1 amide bonds. The topological polar surface area (TPSA) is 49.6 Å². The zero-order chi connectivity index (χ0) is 16.4. The average Bonchev–Trinajstić information content (AvgIpc) is 3.08. The van der Waals surface area contributed by atoms with Gasteiger partial charge in [-0.3, -0.25) is 14.7 Å². The molecule has 2 aromatic heterocycles. The Bertz CT molecular complexity index is 665. The highest BCUT2D eigenvalue weighted by atomic mass is 16.3. The highest BCUT2D eigenvalue weighted by Gasteiger charge is 2.36. The van der Waals surface area contributed by atoms with Crippen molar-refractivity contribution in [2.75, 3.05) is 26.2 Å². The number of hydrogen-bond donors (Lipinski definition) is 0. The van der Waals surface area contributed by atoms with Crippen LogP contribution in [0.5, 0.6) is 0 Å². The van der Waals surface area contributed by atoms with E-state index in [1.807, 2.05) is 29.3 Å². The molecule has 1 atom stereocenters. The number of likely N-dealkylation sites (tertiary alicyclic amines) is 2. The predicted molar refractivity (Wildman–Crippen MR) is 90.3 cm³/mol. The van der Waals surface area contributed by atoms with Gasteiger partial charge in [0.2, 0.25) is 5.91 Å². The third-order valence-corrected chi connectivity index (χ3v) is 5.16. The summed E-state index contributed by atoms with van der Waals surface area (Å²) in [5.74, 6) is 1.87. The molecule has 0 N–H and O–H groups in total. The second-order valence-corrected chi connectivity index (χ2v) is 6.88. The molecule has 0 aliphatic carbocycles. The summed E-state index contributed by atoms with van der Waals surface area (Å²) in [7, 11) is 0. The normalized spacial score (nSPS) is 22.3. The molecule has 2 fully saturated rings. The summed E-state index contributed by atoms with van der Waals surface area (Å²) in [6.45, 7) is 4.35. The summed E-state index contributed by atoms with van der Waals surface area (Å²) in [6, 6.07) is 7.98. The van der Waals surface area contributed by atoms with Crippen molar-refractivity contribution in [1.82, 2.24) is 14.8 Å². The maximum Gasteiger partial charge on any atom is 0.227 e. The number of furan rings is 1. The van der Waals surface area contributed by atoms with Crippen LogP contribution in [0.25, 0.3) is 0 Å². The minimum Gasteiger partial charge on any atom is -0.468 e. The van der Waals surface area contributed by atoms with Crippen molar-refractivity contribution in [2.45, 2.75) is 25.3 Å². The first-order valence-corrected chi connectivity index (χ1v) is 8.73. The number of carbonyl (C=O) groups excluding carboxylic acids is 1. The van der Waals surface area contributed by atoms with E-state index in [1.54, 1.807) is 12.5 Å². The van der Waals surface area contributed by atoms with Gasteiger partial charge in [-0.1, -0.05) is 6.07 Å². The van der Waals surface area contributed by atoms with Gasteiger partial charge in [-0.05, 0) is 43.1 Å². The standard InChI is InChI=1S/C19H23N3O2/c23-19(22-12-17(13-22)15-4-1-7-20-10-15)16-5-2-8-21(11-16)14-18-6-3-9-24-18/h1,3-4,6-7,9-10,16-17H,2,5,8,11-14H2/t16-/m0/s1. The molecule has 5 nitrogen and oxygen atoms in total. The van der Waals surface area contributed by atoms with Gasteiger partial charge in [0.25, 0.3) is 0 Å². The number of piperidine rings is 1. The van der Waals surface area contributed by atoms with Gasteiger partial charge in [-0.15, -0.1) is 0 Å². The molecular formula is C19H23N3O2. The van der Waals surface area contributed by atoms with E-state index in [9.17, 15) is 4.79 Å². The van der Waals surface area contributed by atoms with E-state index in [2.05, 4.69) is 16.0 Å². The first-order valence-electron chi connectivity index (χ1n) is 8.73. The molecule has 5 heteroatoms. The molecule has 0 saturated carbocycles. The van der Waals surface area contributed by atoms with Crippen molar-refractivity contribution >= 4 is 5.91 Å². The summed E-state index contributed by atoms with van der Waals surface area (Å²) in [6.07, 6.45) is 7.50. The third kappa shape index (κ3) is 3.22. The Balaban J connectivity index is 1.30. The summed E-state index contributed by atoms with van der Waals surface area (Å²) in [5, 5.41) is 0. The maximum absolute atomic E-state index is 12.8. The molecule has 0 spiro atoms. The summed E-state index contributed by atoms with van der Waals surface area (Å²) >= 11 is 0. The van der Waals surface area contributed by atoms with Crippen molar-refractivity contribution in [1.29, 1.82) is 0 Å². The van der Waals surface area contributed by atoms with Crippen LogP contribution in [0.15, 0.2) is 47.3 Å². The lowest BCUT2D eigenvalue weighted by Crippen LogP contribution is -2.53. The number of pyridine rings is 1. The molecule has 24 heavy (non-hydrogen) atoms. The third-order valence-electron chi connectivity index (χ3n) is 5.16. The van der Waals surface area contributed by atoms with Gasteiger partial charge in [0, 0.05) is 37.9 Å². The van der Waals surface area contributed by atoms with Gasteiger partial charge in [-0.25, -0.2) is 0 Å². The Hall–Kier alpha value is -2.14. The number of aromatic nitrogens is 1. The van der Waals surface area contributed by atoms with Crippen LogP contribution >= 0.6 is 0 Å². The Labute approximate surface area is 142 Å². The van der Waals surface area contributed by atoms with Crippen LogP contribution in [-0.4, -0.2) is 46.9 Å². The number of carbonyl (C=O) groups is 1. The van der Waals surface area contributed by atoms with Gasteiger partial charge in [0.05, 0.1) is 18.7 Å². The smallest absolute Gasteiger partial charge is 0.227 e. The summed E-state index contributed by atoms with van der Waals surface area (Å²) in [5.41, 5.74) is 1.24. The minimum absolute atomic E-state index is 0.128. The molecular weight excluding hydrogens is 302 g/mol. The lowest BCUT2D eigenvalue weighted by molar-refractivity contribution is -0.142. The lowest BCUT2D eigenvalue weighted by atomic mass is 9.89. The van der Waals surface area contributed by atoms with E-state index in [0.29, 0.717) is 11.8 Å². The predicted octanol–water partition coefficient (Wildman–Crippen LogP) is 2.51. The highest BCUT2D eigenvalue weighted by molar-refractivity contribution is 5.80. The number of hydrogen-bond acceptors (Lipinski definition) is 4. The molecule has 2 aromatic rings. The average molecular weight is 325 g/mol. The first kappa shape index (κ1) is 15.4. The van der Waals surface area contributed by atoms with Crippen LogP contribution in [0, 0.1) is 5.92 Å². The van der Waals surface area contributed by atoms with Gasteiger partial charge in [0.15, 0.2) is 0 Å². The summed E-state index contributed by atoms with van der Waals surface area (Å²) in [4.78, 5) is 21.3. The Morgan fingerprint density at radius 2 is 2.17 bits per heavy atom. The van der Waals surface area contributed by atoms with Crippen LogP contribution in [0.2, 0.25) is 0 Å². The van der Waals surface area contributed by atoms with Crippen LogP contribution in [0.1, 0.15) is 30.1 Å². The second kappa shape index (κ2) is 6.77. The van der Waals surface area contributed by atoms with Crippen molar-refractivity contribution in [3.8, 4) is 0 Å². The molecule has 2 aliphatic heterocycles. The monoisotopic (exact) mass is 325 g/mol. The molecule has 2 saturated heterocycles. The molecule has 0 bridgehead atoms. The van der Waals surface area contributed by atoms with Crippen molar-refractivity contribution in [3.63, 3.8) is 0 Å². The fourth-order valence-corrected chi connectivity index (χ4v) is 3.77. The quantitative estimate of drug-likeness (QED) is 0.867. The van der Waals surface area contributed by atoms with Crippen LogP contribution < -0.4 is 0 Å². The fraction of sp³-hybridized carbons (Fsp3) is 0.474. The molecule has 126 valence electrons. The Morgan fingerprint density at radius 1 is 1.25 bits per heavy atom. The number of rotatable bonds is 4. The van der Waals surface area contributed by atoms with Gasteiger partial charge < -0.3 is 9.32 Å². The van der Waals surface area contributed by atoms with E-state index in [1.165, 1.54) is 5.56 Å². The summed E-state index contributed by atoms with van der Waals surface area (Å²) < 4.78 is 5.43. The van der Waals surface area contributed by atoms with Gasteiger partial charge in [-0.2, -0.15) is 0 Å². The zero-order valence-corrected chi connectivity index (χ0v) is 13.8. The molecule has 0 aromatic carbocycles.